The molecule has 1 aromatic rings. The van der Waals surface area contributed by atoms with Crippen molar-refractivity contribution < 1.29 is 23.4 Å². The van der Waals surface area contributed by atoms with Crippen LogP contribution in [0.3, 0.4) is 0 Å². The fourth-order valence-corrected chi connectivity index (χ4v) is 2.77. The first-order valence-corrected chi connectivity index (χ1v) is 8.51. The first-order valence-electron chi connectivity index (χ1n) is 8.51. The minimum atomic E-state index is -0.621. The number of halogens is 1. The van der Waals surface area contributed by atoms with Gasteiger partial charge in [-0.25, -0.2) is 4.39 Å². The van der Waals surface area contributed by atoms with Crippen LogP contribution in [0.1, 0.15) is 39.5 Å². The molecule has 1 fully saturated rings. The number of benzene rings is 1. The maximum atomic E-state index is 13.1. The monoisotopic (exact) mass is 339 g/mol. The Morgan fingerprint density at radius 1 is 1.29 bits per heavy atom. The molecule has 0 aromatic heterocycles. The van der Waals surface area contributed by atoms with Gasteiger partial charge in [-0.3, -0.25) is 4.79 Å². The number of carbonyl (C=O) groups is 1. The Kier molecular flexibility index (Phi) is 6.99. The molecule has 5 nitrogen and oxygen atoms in total. The molecule has 134 valence electrons. The van der Waals surface area contributed by atoms with E-state index < -0.39 is 24.2 Å². The van der Waals surface area contributed by atoms with Gasteiger partial charge in [0.15, 0.2) is 0 Å². The van der Waals surface area contributed by atoms with E-state index in [0.29, 0.717) is 25.2 Å². The van der Waals surface area contributed by atoms with Gasteiger partial charge in [-0.05, 0) is 56.9 Å². The van der Waals surface area contributed by atoms with Gasteiger partial charge in [0.2, 0.25) is 0 Å². The topological polar surface area (TPSA) is 70.8 Å². The summed E-state index contributed by atoms with van der Waals surface area (Å²) in [4.78, 5) is 12.0. The summed E-state index contributed by atoms with van der Waals surface area (Å²) < 4.78 is 30.5. The van der Waals surface area contributed by atoms with Crippen molar-refractivity contribution in [1.29, 1.82) is 0 Å². The summed E-state index contributed by atoms with van der Waals surface area (Å²) >= 11 is 0. The molecule has 1 aromatic carbocycles. The Balaban J connectivity index is 2.17. The normalized spacial score (nSPS) is 28.4. The van der Waals surface area contributed by atoms with Crippen LogP contribution in [0.2, 0.25) is 0 Å². The van der Waals surface area contributed by atoms with Gasteiger partial charge in [0.05, 0.1) is 0 Å². The summed E-state index contributed by atoms with van der Waals surface area (Å²) in [7, 11) is 0. The van der Waals surface area contributed by atoms with Crippen molar-refractivity contribution in [1.82, 2.24) is 0 Å². The Bertz CT molecular complexity index is 522. The number of hydrogen-bond acceptors (Lipinski definition) is 5. The van der Waals surface area contributed by atoms with E-state index in [1.54, 1.807) is 19.1 Å². The average Bonchev–Trinajstić information content (AvgIpc) is 2.60. The summed E-state index contributed by atoms with van der Waals surface area (Å²) in [5, 5.41) is 0. The van der Waals surface area contributed by atoms with Crippen LogP contribution >= 0.6 is 0 Å². The Labute approximate surface area is 142 Å². The number of cyclic esters (lactones) is 1. The van der Waals surface area contributed by atoms with E-state index in [1.807, 2.05) is 6.92 Å². The molecule has 24 heavy (non-hydrogen) atoms. The van der Waals surface area contributed by atoms with Crippen LogP contribution in [0.15, 0.2) is 24.3 Å². The number of ether oxygens (including phenoxy) is 3. The summed E-state index contributed by atoms with van der Waals surface area (Å²) in [5.74, 6) is -0.160. The molecular formula is C18H26FNO4. The summed E-state index contributed by atoms with van der Waals surface area (Å²) in [6, 6.07) is 5.25. The van der Waals surface area contributed by atoms with E-state index in [1.165, 1.54) is 12.1 Å². The molecule has 2 rings (SSSR count). The van der Waals surface area contributed by atoms with Gasteiger partial charge in [-0.1, -0.05) is 6.92 Å². The predicted molar refractivity (Wildman–Crippen MR) is 88.2 cm³/mol. The minimum Gasteiger partial charge on any atom is -0.488 e. The molecule has 0 spiro atoms. The zero-order valence-electron chi connectivity index (χ0n) is 14.2. The maximum Gasteiger partial charge on any atom is 0.323 e. The van der Waals surface area contributed by atoms with Crippen molar-refractivity contribution in [3.63, 3.8) is 0 Å². The smallest absolute Gasteiger partial charge is 0.323 e. The summed E-state index contributed by atoms with van der Waals surface area (Å²) in [6.07, 6.45) is 1.62. The lowest BCUT2D eigenvalue weighted by Crippen LogP contribution is -2.44. The van der Waals surface area contributed by atoms with Gasteiger partial charge in [-0.2, -0.15) is 0 Å². The standard InChI is InChI=1S/C18H26FNO4/c1-3-11-22-17-12(2)23-18(21)15(20)5-4-6-16(17)24-14-9-7-13(19)8-10-14/h7-10,12,15-17H,3-6,11,20H2,1-2H3/t12-,15-,16-,17-/m0/s1. The number of esters is 1. The SMILES string of the molecule is CCCO[C@H]1[C@H](C)OC(=O)[C@@H](N)CCC[C@@H]1Oc1ccc(F)cc1. The molecule has 0 radical (unpaired) electrons. The molecule has 0 bridgehead atoms. The van der Waals surface area contributed by atoms with E-state index in [2.05, 4.69) is 0 Å². The molecular weight excluding hydrogens is 313 g/mol. The lowest BCUT2D eigenvalue weighted by molar-refractivity contribution is -0.162. The molecule has 1 heterocycles. The second-order valence-corrected chi connectivity index (χ2v) is 6.13. The highest BCUT2D eigenvalue weighted by Gasteiger charge is 2.34. The van der Waals surface area contributed by atoms with Crippen LogP contribution < -0.4 is 10.5 Å². The maximum absolute atomic E-state index is 13.1. The van der Waals surface area contributed by atoms with Crippen LogP contribution in [0.4, 0.5) is 4.39 Å². The summed E-state index contributed by atoms with van der Waals surface area (Å²) in [5.41, 5.74) is 5.84. The fourth-order valence-electron chi connectivity index (χ4n) is 2.77. The van der Waals surface area contributed by atoms with E-state index in [9.17, 15) is 9.18 Å². The van der Waals surface area contributed by atoms with E-state index in [4.69, 9.17) is 19.9 Å². The highest BCUT2D eigenvalue weighted by Crippen LogP contribution is 2.24. The van der Waals surface area contributed by atoms with Crippen LogP contribution in [-0.4, -0.2) is 36.9 Å². The van der Waals surface area contributed by atoms with Crippen LogP contribution in [0, 0.1) is 5.82 Å². The molecule has 6 heteroatoms. The molecule has 0 unspecified atom stereocenters. The van der Waals surface area contributed by atoms with Crippen LogP contribution in [-0.2, 0) is 14.3 Å². The van der Waals surface area contributed by atoms with Gasteiger partial charge >= 0.3 is 5.97 Å². The zero-order chi connectivity index (χ0) is 17.5. The third kappa shape index (κ3) is 5.18. The highest BCUT2D eigenvalue weighted by atomic mass is 19.1. The second kappa shape index (κ2) is 8.99. The number of rotatable bonds is 5. The molecule has 2 N–H and O–H groups in total. The molecule has 1 aliphatic rings. The zero-order valence-corrected chi connectivity index (χ0v) is 14.2. The van der Waals surface area contributed by atoms with E-state index in [-0.39, 0.29) is 11.9 Å². The van der Waals surface area contributed by atoms with Crippen LogP contribution in [0.5, 0.6) is 5.75 Å². The lowest BCUT2D eigenvalue weighted by atomic mass is 10.0. The van der Waals surface area contributed by atoms with Crippen molar-refractivity contribution in [3.8, 4) is 5.75 Å². The van der Waals surface area contributed by atoms with Gasteiger partial charge in [0.1, 0.15) is 35.9 Å². The molecule has 0 saturated carbocycles. The summed E-state index contributed by atoms with van der Waals surface area (Å²) in [6.45, 7) is 4.34. The average molecular weight is 339 g/mol. The Hall–Kier alpha value is -1.66. The quantitative estimate of drug-likeness (QED) is 0.835. The Morgan fingerprint density at radius 3 is 2.67 bits per heavy atom. The molecule has 1 saturated heterocycles. The van der Waals surface area contributed by atoms with E-state index in [0.717, 1.165) is 12.8 Å². The fraction of sp³-hybridized carbons (Fsp3) is 0.611. The van der Waals surface area contributed by atoms with Gasteiger partial charge in [0, 0.05) is 6.61 Å². The molecule has 0 amide bonds. The van der Waals surface area contributed by atoms with Crippen LogP contribution in [0.25, 0.3) is 0 Å². The first kappa shape index (κ1) is 18.7. The van der Waals surface area contributed by atoms with Gasteiger partial charge in [-0.15, -0.1) is 0 Å². The molecule has 0 aliphatic carbocycles. The number of carbonyl (C=O) groups excluding carboxylic acids is 1. The van der Waals surface area contributed by atoms with Gasteiger partial charge in [0.25, 0.3) is 0 Å². The molecule has 4 atom stereocenters. The number of nitrogens with two attached hydrogens (primary N) is 1. The van der Waals surface area contributed by atoms with Crippen molar-refractivity contribution in [2.45, 2.75) is 63.9 Å². The van der Waals surface area contributed by atoms with Crippen molar-refractivity contribution in [2.75, 3.05) is 6.61 Å². The third-order valence-electron chi connectivity index (χ3n) is 4.05. The third-order valence-corrected chi connectivity index (χ3v) is 4.05. The Morgan fingerprint density at radius 2 is 2.00 bits per heavy atom. The minimum absolute atomic E-state index is 0.296. The molecule has 1 aliphatic heterocycles. The predicted octanol–water partition coefficient (Wildman–Crippen LogP) is 2.81. The van der Waals surface area contributed by atoms with Crippen molar-refractivity contribution in [3.05, 3.63) is 30.1 Å². The largest absolute Gasteiger partial charge is 0.488 e. The van der Waals surface area contributed by atoms with Gasteiger partial charge < -0.3 is 19.9 Å². The lowest BCUT2D eigenvalue weighted by Gasteiger charge is -2.31. The highest BCUT2D eigenvalue weighted by molar-refractivity contribution is 5.75. The first-order chi connectivity index (χ1) is 11.5. The number of hydrogen-bond donors (Lipinski definition) is 1. The van der Waals surface area contributed by atoms with Crippen molar-refractivity contribution in [2.24, 2.45) is 5.73 Å². The van der Waals surface area contributed by atoms with E-state index >= 15 is 0 Å². The van der Waals surface area contributed by atoms with Crippen molar-refractivity contribution >= 4 is 5.97 Å². The second-order valence-electron chi connectivity index (χ2n) is 6.13.